The molecular weight excluding hydrogens is 348 g/mol. The molecule has 0 spiro atoms. The minimum Gasteiger partial charge on any atom is -0.497 e. The van der Waals surface area contributed by atoms with Crippen LogP contribution >= 0.6 is 0 Å². The van der Waals surface area contributed by atoms with E-state index >= 15 is 0 Å². The molecule has 2 heterocycles. The molecule has 156 valence electrons. The van der Waals surface area contributed by atoms with Crippen molar-refractivity contribution in [3.05, 3.63) is 29.8 Å². The predicted molar refractivity (Wildman–Crippen MR) is 114 cm³/mol. The summed E-state index contributed by atoms with van der Waals surface area (Å²) in [5.74, 6) is 0.859. The third kappa shape index (κ3) is 3.38. The topological polar surface area (TPSA) is 35.9 Å². The summed E-state index contributed by atoms with van der Waals surface area (Å²) >= 11 is 0. The lowest BCUT2D eigenvalue weighted by Crippen LogP contribution is -2.71. The Bertz CT molecular complexity index is 637. The molecule has 3 unspecified atom stereocenters. The van der Waals surface area contributed by atoms with Crippen molar-refractivity contribution in [3.8, 4) is 5.75 Å². The van der Waals surface area contributed by atoms with Crippen molar-refractivity contribution in [2.75, 3.05) is 33.3 Å². The van der Waals surface area contributed by atoms with Gasteiger partial charge >= 0.3 is 0 Å². The van der Waals surface area contributed by atoms with Gasteiger partial charge in [0.05, 0.1) is 12.6 Å². The number of hydrogen-bond acceptors (Lipinski definition) is 4. The van der Waals surface area contributed by atoms with E-state index in [9.17, 15) is 5.11 Å². The number of hydrogen-bond donors (Lipinski definition) is 1. The molecule has 2 aliphatic heterocycles. The van der Waals surface area contributed by atoms with E-state index in [1.54, 1.807) is 7.11 Å². The molecule has 0 amide bonds. The van der Waals surface area contributed by atoms with Gasteiger partial charge in [0.15, 0.2) is 0 Å². The zero-order chi connectivity index (χ0) is 19.6. The van der Waals surface area contributed by atoms with Crippen molar-refractivity contribution >= 4 is 0 Å². The van der Waals surface area contributed by atoms with Crippen LogP contribution in [0.3, 0.4) is 0 Å². The molecule has 1 aromatic rings. The molecular formula is C24H38N2O2. The van der Waals surface area contributed by atoms with Crippen LogP contribution in [0.1, 0.15) is 70.3 Å². The smallest absolute Gasteiger partial charge is 0.123 e. The summed E-state index contributed by atoms with van der Waals surface area (Å²) in [4.78, 5) is 5.23. The molecule has 0 aromatic heterocycles. The molecule has 0 bridgehead atoms. The van der Waals surface area contributed by atoms with Gasteiger partial charge in [0, 0.05) is 6.04 Å². The zero-order valence-corrected chi connectivity index (χ0v) is 17.8. The number of likely N-dealkylation sites (tertiary alicyclic amines) is 2. The molecule has 28 heavy (non-hydrogen) atoms. The summed E-state index contributed by atoms with van der Waals surface area (Å²) in [5, 5.41) is 12.7. The van der Waals surface area contributed by atoms with Crippen LogP contribution in [0.5, 0.6) is 5.75 Å². The highest BCUT2D eigenvalue weighted by Crippen LogP contribution is 2.51. The first kappa shape index (κ1) is 20.2. The third-order valence-electron chi connectivity index (χ3n) is 7.86. The number of rotatable bonds is 4. The van der Waals surface area contributed by atoms with Crippen molar-refractivity contribution in [2.24, 2.45) is 0 Å². The minimum atomic E-state index is -0.855. The van der Waals surface area contributed by atoms with E-state index in [0.29, 0.717) is 0 Å². The van der Waals surface area contributed by atoms with Crippen LogP contribution in [0.4, 0.5) is 0 Å². The second-order valence-electron chi connectivity index (χ2n) is 9.32. The molecule has 3 fully saturated rings. The average Bonchev–Trinajstić information content (AvgIpc) is 2.77. The van der Waals surface area contributed by atoms with Crippen LogP contribution < -0.4 is 4.74 Å². The Hall–Kier alpha value is -1.10. The van der Waals surface area contributed by atoms with Gasteiger partial charge in [-0.05, 0) is 95.7 Å². The van der Waals surface area contributed by atoms with Gasteiger partial charge in [-0.15, -0.1) is 0 Å². The standard InChI is InChI=1S/C24H38N2O2/c1-23(26-18-7-4-8-19-26)15-9-10-22(25-16-5-3-6-17-25)24(23,27)20-11-13-21(28-2)14-12-20/h11-14,22,27H,3-10,15-19H2,1-2H3. The molecule has 1 saturated carbocycles. The maximum atomic E-state index is 12.7. The lowest BCUT2D eigenvalue weighted by molar-refractivity contribution is -0.185. The van der Waals surface area contributed by atoms with Gasteiger partial charge in [-0.1, -0.05) is 25.0 Å². The molecule has 1 aromatic carbocycles. The summed E-state index contributed by atoms with van der Waals surface area (Å²) in [7, 11) is 1.71. The predicted octanol–water partition coefficient (Wildman–Crippen LogP) is 4.17. The lowest BCUT2D eigenvalue weighted by atomic mass is 9.62. The Balaban J connectivity index is 1.76. The molecule has 4 heteroatoms. The Morgan fingerprint density at radius 1 is 0.893 bits per heavy atom. The van der Waals surface area contributed by atoms with E-state index in [2.05, 4.69) is 28.9 Å². The molecule has 0 radical (unpaired) electrons. The molecule has 1 aliphatic carbocycles. The number of aliphatic hydroxyl groups is 1. The molecule has 1 N–H and O–H groups in total. The van der Waals surface area contributed by atoms with E-state index in [-0.39, 0.29) is 11.6 Å². The van der Waals surface area contributed by atoms with E-state index in [4.69, 9.17) is 4.74 Å². The summed E-state index contributed by atoms with van der Waals surface area (Å²) in [6.07, 6.45) is 11.0. The van der Waals surface area contributed by atoms with Crippen LogP contribution in [0.25, 0.3) is 0 Å². The van der Waals surface area contributed by atoms with Crippen molar-refractivity contribution in [3.63, 3.8) is 0 Å². The van der Waals surface area contributed by atoms with E-state index in [1.165, 1.54) is 44.9 Å². The van der Waals surface area contributed by atoms with Crippen molar-refractivity contribution in [2.45, 2.75) is 81.9 Å². The number of benzene rings is 1. The quantitative estimate of drug-likeness (QED) is 0.843. The fourth-order valence-electron chi connectivity index (χ4n) is 6.21. The summed E-state index contributed by atoms with van der Waals surface area (Å²) in [6, 6.07) is 8.46. The lowest BCUT2D eigenvalue weighted by Gasteiger charge is -2.61. The Morgan fingerprint density at radius 2 is 1.50 bits per heavy atom. The monoisotopic (exact) mass is 386 g/mol. The zero-order valence-electron chi connectivity index (χ0n) is 17.8. The highest BCUT2D eigenvalue weighted by atomic mass is 16.5. The first-order valence-corrected chi connectivity index (χ1v) is 11.5. The van der Waals surface area contributed by atoms with Gasteiger partial charge in [0.1, 0.15) is 11.4 Å². The molecule has 2 saturated heterocycles. The van der Waals surface area contributed by atoms with Crippen LogP contribution in [0, 0.1) is 0 Å². The van der Waals surface area contributed by atoms with Gasteiger partial charge in [-0.25, -0.2) is 0 Å². The van der Waals surface area contributed by atoms with Crippen LogP contribution in [0.15, 0.2) is 24.3 Å². The number of nitrogens with zero attached hydrogens (tertiary/aromatic N) is 2. The van der Waals surface area contributed by atoms with Gasteiger partial charge in [0.2, 0.25) is 0 Å². The van der Waals surface area contributed by atoms with Crippen molar-refractivity contribution in [1.29, 1.82) is 0 Å². The maximum Gasteiger partial charge on any atom is 0.123 e. The molecule has 3 aliphatic rings. The molecule has 4 nitrogen and oxygen atoms in total. The highest BCUT2D eigenvalue weighted by Gasteiger charge is 2.59. The van der Waals surface area contributed by atoms with Crippen LogP contribution in [-0.2, 0) is 5.60 Å². The van der Waals surface area contributed by atoms with Crippen LogP contribution in [0.2, 0.25) is 0 Å². The first-order valence-electron chi connectivity index (χ1n) is 11.5. The molecule has 4 rings (SSSR count). The SMILES string of the molecule is COc1ccc(C2(O)C(N3CCCCC3)CCCC2(C)N2CCCCC2)cc1. The van der Waals surface area contributed by atoms with Gasteiger partial charge < -0.3 is 9.84 Å². The van der Waals surface area contributed by atoms with Gasteiger partial charge in [-0.2, -0.15) is 0 Å². The van der Waals surface area contributed by atoms with Crippen molar-refractivity contribution < 1.29 is 9.84 Å². The Kier molecular flexibility index (Phi) is 6.01. The fraction of sp³-hybridized carbons (Fsp3) is 0.750. The fourth-order valence-corrected chi connectivity index (χ4v) is 6.21. The normalized spacial score (nSPS) is 35.6. The highest BCUT2D eigenvalue weighted by molar-refractivity contribution is 5.36. The summed E-state index contributed by atoms with van der Waals surface area (Å²) in [6.45, 7) is 6.82. The molecule has 3 atom stereocenters. The number of piperidine rings is 2. The Morgan fingerprint density at radius 3 is 2.11 bits per heavy atom. The van der Waals surface area contributed by atoms with Gasteiger partial charge in [0.25, 0.3) is 0 Å². The maximum absolute atomic E-state index is 12.7. The average molecular weight is 387 g/mol. The van der Waals surface area contributed by atoms with Crippen molar-refractivity contribution in [1.82, 2.24) is 9.80 Å². The Labute approximate surface area is 170 Å². The van der Waals surface area contributed by atoms with Gasteiger partial charge in [-0.3, -0.25) is 9.80 Å². The number of methoxy groups -OCH3 is 1. The van der Waals surface area contributed by atoms with E-state index in [0.717, 1.165) is 50.3 Å². The van der Waals surface area contributed by atoms with E-state index < -0.39 is 5.60 Å². The van der Waals surface area contributed by atoms with Crippen LogP contribution in [-0.4, -0.2) is 59.8 Å². The first-order chi connectivity index (χ1) is 13.6. The minimum absolute atomic E-state index is 0.196. The second kappa shape index (κ2) is 8.33. The summed E-state index contributed by atoms with van der Waals surface area (Å²) < 4.78 is 5.40. The summed E-state index contributed by atoms with van der Waals surface area (Å²) in [5.41, 5.74) is -0.00849. The third-order valence-corrected chi connectivity index (χ3v) is 7.86. The largest absolute Gasteiger partial charge is 0.497 e. The van der Waals surface area contributed by atoms with E-state index in [1.807, 2.05) is 12.1 Å². The number of ether oxygens (including phenoxy) is 1. The second-order valence-corrected chi connectivity index (χ2v) is 9.32.